The summed E-state index contributed by atoms with van der Waals surface area (Å²) in [6.45, 7) is 1.66. The van der Waals surface area contributed by atoms with Crippen LogP contribution in [0.1, 0.15) is 43.2 Å². The van der Waals surface area contributed by atoms with Crippen molar-refractivity contribution in [3.05, 3.63) is 29.1 Å². The minimum Gasteiger partial charge on any atom is -0.496 e. The van der Waals surface area contributed by atoms with E-state index in [4.69, 9.17) is 4.74 Å². The Labute approximate surface area is 128 Å². The Balaban J connectivity index is 2.12. The first kappa shape index (κ1) is 14.8. The maximum absolute atomic E-state index is 14.6. The molecule has 2 aliphatic rings. The summed E-state index contributed by atoms with van der Waals surface area (Å²) in [7, 11) is 1.41. The zero-order valence-electron chi connectivity index (χ0n) is 12.6. The molecule has 2 saturated carbocycles. The van der Waals surface area contributed by atoms with E-state index in [1.54, 1.807) is 13.0 Å². The van der Waals surface area contributed by atoms with Crippen LogP contribution in [-0.4, -0.2) is 18.7 Å². The third-order valence-corrected chi connectivity index (χ3v) is 4.68. The summed E-state index contributed by atoms with van der Waals surface area (Å²) in [5.74, 6) is 3.51. The number of benzene rings is 1. The molecule has 3 nitrogen and oxygen atoms in total. The molecule has 0 amide bonds. The van der Waals surface area contributed by atoms with Gasteiger partial charge in [-0.25, -0.2) is 4.39 Å². The SMILES string of the molecule is CC#Cc1cc(F)c(C2C(=O)[C@@H]3CC[C@@H](C3)C2=O)c(OC)c1. The topological polar surface area (TPSA) is 43.4 Å². The largest absolute Gasteiger partial charge is 0.496 e. The molecule has 2 fully saturated rings. The molecule has 2 bridgehead atoms. The smallest absolute Gasteiger partial charge is 0.151 e. The molecule has 22 heavy (non-hydrogen) atoms. The molecule has 0 saturated heterocycles. The number of carbonyl (C=O) groups is 2. The minimum atomic E-state index is -1.02. The minimum absolute atomic E-state index is 0.0794. The number of Topliss-reactive ketones (excluding diaryl/α,β-unsaturated/α-hetero) is 2. The van der Waals surface area contributed by atoms with Gasteiger partial charge in [0.25, 0.3) is 0 Å². The predicted octanol–water partition coefficient (Wildman–Crippen LogP) is 2.86. The zero-order chi connectivity index (χ0) is 15.9. The number of ether oxygens (including phenoxy) is 1. The van der Waals surface area contributed by atoms with E-state index < -0.39 is 11.7 Å². The van der Waals surface area contributed by atoms with Crippen LogP contribution in [-0.2, 0) is 9.59 Å². The second-order valence-electron chi connectivity index (χ2n) is 5.89. The predicted molar refractivity (Wildman–Crippen MR) is 79.1 cm³/mol. The molecule has 1 unspecified atom stereocenters. The molecular weight excluding hydrogens is 283 g/mol. The Bertz CT molecular complexity index is 689. The van der Waals surface area contributed by atoms with E-state index in [-0.39, 0.29) is 34.7 Å². The molecule has 0 heterocycles. The Hall–Kier alpha value is -2.15. The van der Waals surface area contributed by atoms with Gasteiger partial charge in [0, 0.05) is 23.0 Å². The van der Waals surface area contributed by atoms with Gasteiger partial charge in [-0.2, -0.15) is 0 Å². The number of hydrogen-bond donors (Lipinski definition) is 0. The fourth-order valence-corrected chi connectivity index (χ4v) is 3.65. The summed E-state index contributed by atoms with van der Waals surface area (Å²) < 4.78 is 19.8. The number of fused-ring (bicyclic) bond motifs is 2. The highest BCUT2D eigenvalue weighted by Crippen LogP contribution is 2.46. The van der Waals surface area contributed by atoms with Crippen LogP contribution < -0.4 is 4.74 Å². The number of halogens is 1. The molecule has 4 heteroatoms. The third-order valence-electron chi connectivity index (χ3n) is 4.68. The van der Waals surface area contributed by atoms with E-state index in [0.29, 0.717) is 12.0 Å². The number of rotatable bonds is 2. The molecule has 0 radical (unpaired) electrons. The van der Waals surface area contributed by atoms with Crippen molar-refractivity contribution in [2.24, 2.45) is 11.8 Å². The average Bonchev–Trinajstić information content (AvgIpc) is 2.94. The van der Waals surface area contributed by atoms with Crippen molar-refractivity contribution in [2.75, 3.05) is 7.11 Å². The zero-order valence-corrected chi connectivity index (χ0v) is 12.6. The van der Waals surface area contributed by atoms with Crippen LogP contribution in [0.25, 0.3) is 0 Å². The van der Waals surface area contributed by atoms with Crippen molar-refractivity contribution in [1.82, 2.24) is 0 Å². The highest BCUT2D eigenvalue weighted by molar-refractivity contribution is 6.12. The molecule has 1 aromatic rings. The van der Waals surface area contributed by atoms with Gasteiger partial charge in [-0.3, -0.25) is 9.59 Å². The van der Waals surface area contributed by atoms with Gasteiger partial charge in [-0.05, 0) is 38.3 Å². The van der Waals surface area contributed by atoms with Crippen molar-refractivity contribution in [3.63, 3.8) is 0 Å². The summed E-state index contributed by atoms with van der Waals surface area (Å²) in [5.41, 5.74) is 0.551. The highest BCUT2D eigenvalue weighted by atomic mass is 19.1. The fourth-order valence-electron chi connectivity index (χ4n) is 3.65. The normalized spacial score (nSPS) is 26.6. The van der Waals surface area contributed by atoms with Crippen molar-refractivity contribution < 1.29 is 18.7 Å². The van der Waals surface area contributed by atoms with E-state index in [9.17, 15) is 14.0 Å². The summed E-state index contributed by atoms with van der Waals surface area (Å²) in [5, 5.41) is 0. The van der Waals surface area contributed by atoms with Crippen LogP contribution in [0.4, 0.5) is 4.39 Å². The first-order valence-electron chi connectivity index (χ1n) is 7.44. The molecule has 2 aliphatic carbocycles. The van der Waals surface area contributed by atoms with Crippen molar-refractivity contribution in [1.29, 1.82) is 0 Å². The molecule has 3 rings (SSSR count). The van der Waals surface area contributed by atoms with E-state index in [1.807, 2.05) is 0 Å². The van der Waals surface area contributed by atoms with Gasteiger partial charge in [0.1, 0.15) is 17.5 Å². The third kappa shape index (κ3) is 2.21. The quantitative estimate of drug-likeness (QED) is 0.623. The Morgan fingerprint density at radius 2 is 1.82 bits per heavy atom. The van der Waals surface area contributed by atoms with Crippen molar-refractivity contribution in [2.45, 2.75) is 32.1 Å². The van der Waals surface area contributed by atoms with Gasteiger partial charge in [-0.15, -0.1) is 5.92 Å². The first-order chi connectivity index (χ1) is 10.6. The van der Waals surface area contributed by atoms with Gasteiger partial charge in [0.2, 0.25) is 0 Å². The van der Waals surface area contributed by atoms with Crippen LogP contribution in [0.15, 0.2) is 12.1 Å². The van der Waals surface area contributed by atoms with Crippen LogP contribution in [0, 0.1) is 29.5 Å². The molecule has 0 aliphatic heterocycles. The number of carbonyl (C=O) groups excluding carboxylic acids is 2. The summed E-state index contributed by atoms with van der Waals surface area (Å²) in [4.78, 5) is 25.1. The molecule has 0 aromatic heterocycles. The lowest BCUT2D eigenvalue weighted by Crippen LogP contribution is -2.35. The average molecular weight is 300 g/mol. The Morgan fingerprint density at radius 3 is 2.36 bits per heavy atom. The van der Waals surface area contributed by atoms with Gasteiger partial charge >= 0.3 is 0 Å². The van der Waals surface area contributed by atoms with Crippen molar-refractivity contribution in [3.8, 4) is 17.6 Å². The van der Waals surface area contributed by atoms with E-state index >= 15 is 0 Å². The number of hydrogen-bond acceptors (Lipinski definition) is 3. The van der Waals surface area contributed by atoms with Crippen molar-refractivity contribution >= 4 is 11.6 Å². The second-order valence-corrected chi connectivity index (χ2v) is 5.89. The van der Waals surface area contributed by atoms with E-state index in [2.05, 4.69) is 11.8 Å². The lowest BCUT2D eigenvalue weighted by molar-refractivity contribution is -0.136. The lowest BCUT2D eigenvalue weighted by atomic mass is 9.75. The number of methoxy groups -OCH3 is 1. The van der Waals surface area contributed by atoms with E-state index in [0.717, 1.165) is 12.8 Å². The summed E-state index contributed by atoms with van der Waals surface area (Å²) >= 11 is 0. The van der Waals surface area contributed by atoms with Gasteiger partial charge in [0.05, 0.1) is 7.11 Å². The highest BCUT2D eigenvalue weighted by Gasteiger charge is 2.49. The van der Waals surface area contributed by atoms with Gasteiger partial charge in [0.15, 0.2) is 11.6 Å². The molecule has 114 valence electrons. The van der Waals surface area contributed by atoms with Gasteiger partial charge < -0.3 is 4.74 Å². The second kappa shape index (κ2) is 5.57. The Morgan fingerprint density at radius 1 is 1.18 bits per heavy atom. The molecule has 1 aromatic carbocycles. The monoisotopic (exact) mass is 300 g/mol. The Kier molecular flexibility index (Phi) is 3.74. The standard InChI is InChI=1S/C18H17FO3/c1-3-4-10-7-13(19)15(14(8-10)22-2)16-17(20)11-5-6-12(9-11)18(16)21/h7-8,11-12,16H,5-6,9H2,1-2H3/t11-,12+,16?. The van der Waals surface area contributed by atoms with Crippen LogP contribution in [0.5, 0.6) is 5.75 Å². The van der Waals surface area contributed by atoms with Crippen LogP contribution >= 0.6 is 0 Å². The lowest BCUT2D eigenvalue weighted by Gasteiger charge is -2.27. The summed E-state index contributed by atoms with van der Waals surface area (Å²) in [6.07, 6.45) is 2.08. The summed E-state index contributed by atoms with van der Waals surface area (Å²) in [6, 6.07) is 2.86. The van der Waals surface area contributed by atoms with Crippen LogP contribution in [0.2, 0.25) is 0 Å². The van der Waals surface area contributed by atoms with Crippen LogP contribution in [0.3, 0.4) is 0 Å². The molecule has 0 N–H and O–H groups in total. The molecule has 3 atom stereocenters. The molecule has 0 spiro atoms. The van der Waals surface area contributed by atoms with E-state index in [1.165, 1.54) is 13.2 Å². The fraction of sp³-hybridized carbons (Fsp3) is 0.444. The first-order valence-corrected chi connectivity index (χ1v) is 7.44. The maximum Gasteiger partial charge on any atom is 0.151 e. The molecular formula is C18H17FO3. The number of ketones is 2. The maximum atomic E-state index is 14.6. The van der Waals surface area contributed by atoms with Gasteiger partial charge in [-0.1, -0.05) is 5.92 Å².